The van der Waals surface area contributed by atoms with Crippen molar-refractivity contribution in [2.24, 2.45) is 0 Å². The van der Waals surface area contributed by atoms with Gasteiger partial charge in [-0.1, -0.05) is 0 Å². The summed E-state index contributed by atoms with van der Waals surface area (Å²) in [5.41, 5.74) is 1.03. The number of nitro groups is 1. The summed E-state index contributed by atoms with van der Waals surface area (Å²) in [6.45, 7) is 2.09. The van der Waals surface area contributed by atoms with E-state index in [1.54, 1.807) is 6.07 Å². The number of halogens is 1. The van der Waals surface area contributed by atoms with E-state index in [2.05, 4.69) is 26.6 Å². The van der Waals surface area contributed by atoms with Crippen molar-refractivity contribution in [2.45, 2.75) is 25.3 Å². The molecule has 1 aromatic carbocycles. The molecule has 1 fully saturated rings. The van der Waals surface area contributed by atoms with Crippen LogP contribution in [0.25, 0.3) is 0 Å². The van der Waals surface area contributed by atoms with E-state index in [1.807, 2.05) is 0 Å². The Balaban J connectivity index is 2.06. The Morgan fingerprint density at radius 2 is 2.22 bits per heavy atom. The van der Waals surface area contributed by atoms with Crippen LogP contribution in [0.3, 0.4) is 0 Å². The molecule has 0 aliphatic carbocycles. The minimum atomic E-state index is -0.385. The van der Waals surface area contributed by atoms with Crippen molar-refractivity contribution in [3.63, 3.8) is 0 Å². The Kier molecular flexibility index (Phi) is 4.54. The first-order chi connectivity index (χ1) is 8.66. The maximum atomic E-state index is 10.7. The summed E-state index contributed by atoms with van der Waals surface area (Å²) in [7, 11) is 0. The van der Waals surface area contributed by atoms with Gasteiger partial charge in [0.2, 0.25) is 0 Å². The second kappa shape index (κ2) is 6.15. The number of rotatable bonds is 3. The van der Waals surface area contributed by atoms with Gasteiger partial charge in [0.1, 0.15) is 0 Å². The molecule has 0 aromatic heterocycles. The van der Waals surface area contributed by atoms with E-state index in [1.165, 1.54) is 12.1 Å². The predicted octanol–water partition coefficient (Wildman–Crippen LogP) is 2.91. The number of hydrogen-bond acceptors (Lipinski definition) is 4. The van der Waals surface area contributed by atoms with E-state index in [9.17, 15) is 10.1 Å². The molecule has 0 saturated carbocycles. The summed E-state index contributed by atoms with van der Waals surface area (Å²) in [5, 5.41) is 17.5. The summed E-state index contributed by atoms with van der Waals surface area (Å²) in [6, 6.07) is 5.26. The number of non-ortho nitro benzene ring substituents is 1. The molecule has 0 spiro atoms. The van der Waals surface area contributed by atoms with Crippen LogP contribution in [0, 0.1) is 10.1 Å². The lowest BCUT2D eigenvalue weighted by Crippen LogP contribution is -2.21. The molecule has 98 valence electrons. The van der Waals surface area contributed by atoms with Crippen LogP contribution in [0.4, 0.5) is 11.4 Å². The second-order valence-corrected chi connectivity index (χ2v) is 5.30. The third-order valence-corrected chi connectivity index (χ3v) is 3.75. The van der Waals surface area contributed by atoms with Crippen molar-refractivity contribution in [2.75, 3.05) is 18.4 Å². The summed E-state index contributed by atoms with van der Waals surface area (Å²) >= 11 is 3.38. The number of nitrogens with zero attached hydrogens (tertiary/aromatic N) is 1. The molecule has 6 heteroatoms. The number of nitro benzene ring substituents is 1. The van der Waals surface area contributed by atoms with Crippen LogP contribution in [0.2, 0.25) is 0 Å². The smallest absolute Gasteiger partial charge is 0.270 e. The van der Waals surface area contributed by atoms with Gasteiger partial charge in [0, 0.05) is 28.3 Å². The van der Waals surface area contributed by atoms with Gasteiger partial charge in [0.05, 0.1) is 4.92 Å². The summed E-state index contributed by atoms with van der Waals surface area (Å²) in [4.78, 5) is 10.3. The van der Waals surface area contributed by atoms with Gasteiger partial charge in [-0.15, -0.1) is 0 Å². The van der Waals surface area contributed by atoms with Gasteiger partial charge in [0.25, 0.3) is 5.69 Å². The van der Waals surface area contributed by atoms with Gasteiger partial charge in [-0.2, -0.15) is 0 Å². The lowest BCUT2D eigenvalue weighted by molar-refractivity contribution is -0.384. The zero-order valence-corrected chi connectivity index (χ0v) is 11.6. The second-order valence-electron chi connectivity index (χ2n) is 4.44. The first kappa shape index (κ1) is 13.3. The number of nitrogens with one attached hydrogen (secondary N) is 2. The molecule has 1 aliphatic heterocycles. The first-order valence-corrected chi connectivity index (χ1v) is 6.87. The lowest BCUT2D eigenvalue weighted by atomic mass is 10.1. The molecule has 5 nitrogen and oxygen atoms in total. The van der Waals surface area contributed by atoms with Crippen molar-refractivity contribution in [3.05, 3.63) is 32.8 Å². The molecule has 1 aromatic rings. The van der Waals surface area contributed by atoms with Crippen molar-refractivity contribution in [1.82, 2.24) is 5.32 Å². The molecule has 1 unspecified atom stereocenters. The maximum absolute atomic E-state index is 10.7. The van der Waals surface area contributed by atoms with Gasteiger partial charge in [0.15, 0.2) is 0 Å². The zero-order valence-electron chi connectivity index (χ0n) is 9.99. The van der Waals surface area contributed by atoms with Crippen LogP contribution in [0.5, 0.6) is 0 Å². The van der Waals surface area contributed by atoms with Crippen molar-refractivity contribution in [3.8, 4) is 0 Å². The number of hydrogen-bond donors (Lipinski definition) is 2. The zero-order chi connectivity index (χ0) is 13.0. The van der Waals surface area contributed by atoms with Crippen LogP contribution in [-0.4, -0.2) is 24.1 Å². The van der Waals surface area contributed by atoms with E-state index >= 15 is 0 Å². The number of anilines is 1. The molecule has 0 bridgehead atoms. The van der Waals surface area contributed by atoms with E-state index in [0.29, 0.717) is 6.04 Å². The molecular weight excluding hydrogens is 298 g/mol. The molecule has 1 aliphatic rings. The molecule has 1 saturated heterocycles. The third kappa shape index (κ3) is 3.43. The quantitative estimate of drug-likeness (QED) is 0.665. The number of benzene rings is 1. The molecule has 18 heavy (non-hydrogen) atoms. The van der Waals surface area contributed by atoms with E-state index in [-0.39, 0.29) is 10.6 Å². The van der Waals surface area contributed by atoms with Crippen LogP contribution in [0.1, 0.15) is 19.3 Å². The molecule has 0 amide bonds. The summed E-state index contributed by atoms with van der Waals surface area (Å²) in [5.74, 6) is 0. The molecule has 1 heterocycles. The highest BCUT2D eigenvalue weighted by Crippen LogP contribution is 2.28. The standard InChI is InChI=1S/C12H16BrN3O2/c13-11-8-10(16(17)18)3-4-12(11)15-9-2-1-6-14-7-5-9/h3-4,8-9,14-15H,1-2,5-7H2. The monoisotopic (exact) mass is 313 g/mol. The maximum Gasteiger partial charge on any atom is 0.270 e. The molecule has 1 atom stereocenters. The highest BCUT2D eigenvalue weighted by atomic mass is 79.9. The van der Waals surface area contributed by atoms with Gasteiger partial charge >= 0.3 is 0 Å². The molecule has 0 radical (unpaired) electrons. The average molecular weight is 314 g/mol. The highest BCUT2D eigenvalue weighted by molar-refractivity contribution is 9.10. The van der Waals surface area contributed by atoms with Crippen LogP contribution < -0.4 is 10.6 Å². The minimum absolute atomic E-state index is 0.106. The van der Waals surface area contributed by atoms with Crippen molar-refractivity contribution in [1.29, 1.82) is 0 Å². The topological polar surface area (TPSA) is 67.2 Å². The van der Waals surface area contributed by atoms with Crippen LogP contribution >= 0.6 is 15.9 Å². The van der Waals surface area contributed by atoms with Crippen LogP contribution in [-0.2, 0) is 0 Å². The summed E-state index contributed by atoms with van der Waals surface area (Å²) in [6.07, 6.45) is 3.35. The van der Waals surface area contributed by atoms with E-state index in [4.69, 9.17) is 0 Å². The normalized spacial score (nSPS) is 20.2. The Morgan fingerprint density at radius 1 is 1.39 bits per heavy atom. The Labute approximate surface area is 114 Å². The molecule has 2 N–H and O–H groups in total. The average Bonchev–Trinajstić information content (AvgIpc) is 2.60. The Morgan fingerprint density at radius 3 is 2.94 bits per heavy atom. The SMILES string of the molecule is O=[N+]([O-])c1ccc(NC2CCCNCC2)c(Br)c1. The fourth-order valence-corrected chi connectivity index (χ4v) is 2.60. The minimum Gasteiger partial charge on any atom is -0.381 e. The highest BCUT2D eigenvalue weighted by Gasteiger charge is 2.14. The molecule has 2 rings (SSSR count). The Bertz CT molecular complexity index is 431. The first-order valence-electron chi connectivity index (χ1n) is 6.08. The largest absolute Gasteiger partial charge is 0.381 e. The van der Waals surface area contributed by atoms with Gasteiger partial charge in [-0.05, 0) is 54.3 Å². The van der Waals surface area contributed by atoms with Crippen molar-refractivity contribution < 1.29 is 4.92 Å². The van der Waals surface area contributed by atoms with E-state index in [0.717, 1.165) is 42.5 Å². The lowest BCUT2D eigenvalue weighted by Gasteiger charge is -2.18. The van der Waals surface area contributed by atoms with E-state index < -0.39 is 0 Å². The van der Waals surface area contributed by atoms with Gasteiger partial charge in [-0.25, -0.2) is 0 Å². The molecular formula is C12H16BrN3O2. The fraction of sp³-hybridized carbons (Fsp3) is 0.500. The third-order valence-electron chi connectivity index (χ3n) is 3.10. The van der Waals surface area contributed by atoms with Crippen LogP contribution in [0.15, 0.2) is 22.7 Å². The van der Waals surface area contributed by atoms with Crippen molar-refractivity contribution >= 4 is 27.3 Å². The van der Waals surface area contributed by atoms with Gasteiger partial charge in [-0.3, -0.25) is 10.1 Å². The summed E-state index contributed by atoms with van der Waals surface area (Å²) < 4.78 is 0.744. The Hall–Kier alpha value is -1.14. The fourth-order valence-electron chi connectivity index (χ4n) is 2.12. The van der Waals surface area contributed by atoms with Gasteiger partial charge < -0.3 is 10.6 Å². The predicted molar refractivity (Wildman–Crippen MR) is 74.9 cm³/mol.